The number of methoxy groups -OCH3 is 1. The molecule has 1 heterocycles. The molecule has 3 aromatic rings. The van der Waals surface area contributed by atoms with Crippen molar-refractivity contribution in [3.63, 3.8) is 0 Å². The number of para-hydroxylation sites is 1. The van der Waals surface area contributed by atoms with Crippen molar-refractivity contribution < 1.29 is 19.1 Å². The average molecular weight is 391 g/mol. The molecule has 0 atom stereocenters. The first-order chi connectivity index (χ1) is 14.1. The Kier molecular flexibility index (Phi) is 6.42. The first kappa shape index (κ1) is 19.9. The predicted octanol–water partition coefficient (Wildman–Crippen LogP) is 4.26. The summed E-state index contributed by atoms with van der Waals surface area (Å²) in [5.41, 5.74) is 2.36. The number of hydrogen-bond acceptors (Lipinski definition) is 6. The lowest BCUT2D eigenvalue weighted by atomic mass is 10.1. The van der Waals surface area contributed by atoms with Crippen LogP contribution in [0.5, 0.6) is 5.75 Å². The summed E-state index contributed by atoms with van der Waals surface area (Å²) in [5, 5.41) is 5.94. The standard InChI is InChI=1S/C22H21N3O4/c1-3-29-22(27)18-9-4-5-10-19(18)25-21(26)20-14-16(11-12-23-20)24-15-7-6-8-17(13-15)28-2/h4-14H,3H2,1-2H3,(H,23,24)(H,25,26). The van der Waals surface area contributed by atoms with Gasteiger partial charge in [0, 0.05) is 23.6 Å². The zero-order valence-electron chi connectivity index (χ0n) is 16.1. The van der Waals surface area contributed by atoms with Crippen LogP contribution in [0.4, 0.5) is 17.1 Å². The van der Waals surface area contributed by atoms with E-state index in [1.165, 1.54) is 6.20 Å². The second-order valence-corrected chi connectivity index (χ2v) is 6.01. The topological polar surface area (TPSA) is 89.5 Å². The van der Waals surface area contributed by atoms with Crippen LogP contribution in [-0.2, 0) is 4.74 Å². The van der Waals surface area contributed by atoms with Gasteiger partial charge >= 0.3 is 5.97 Å². The highest BCUT2D eigenvalue weighted by Gasteiger charge is 2.15. The van der Waals surface area contributed by atoms with Gasteiger partial charge in [-0.05, 0) is 43.3 Å². The van der Waals surface area contributed by atoms with Crippen molar-refractivity contribution >= 4 is 28.9 Å². The molecule has 0 bridgehead atoms. The molecule has 1 aromatic heterocycles. The van der Waals surface area contributed by atoms with E-state index in [9.17, 15) is 9.59 Å². The Labute approximate surface area is 168 Å². The molecule has 0 aliphatic heterocycles. The molecule has 7 heteroatoms. The number of nitrogens with zero attached hydrogens (tertiary/aromatic N) is 1. The first-order valence-electron chi connectivity index (χ1n) is 9.05. The predicted molar refractivity (Wildman–Crippen MR) is 111 cm³/mol. The summed E-state index contributed by atoms with van der Waals surface area (Å²) in [4.78, 5) is 28.9. The minimum absolute atomic E-state index is 0.205. The molecule has 0 radical (unpaired) electrons. The zero-order valence-corrected chi connectivity index (χ0v) is 16.1. The summed E-state index contributed by atoms with van der Waals surface area (Å²) in [6.45, 7) is 1.98. The maximum Gasteiger partial charge on any atom is 0.340 e. The highest BCUT2D eigenvalue weighted by atomic mass is 16.5. The molecule has 0 saturated carbocycles. The van der Waals surface area contributed by atoms with E-state index in [2.05, 4.69) is 15.6 Å². The smallest absolute Gasteiger partial charge is 0.340 e. The van der Waals surface area contributed by atoms with E-state index in [0.717, 1.165) is 11.4 Å². The van der Waals surface area contributed by atoms with Crippen LogP contribution >= 0.6 is 0 Å². The number of ether oxygens (including phenoxy) is 2. The van der Waals surface area contributed by atoms with Gasteiger partial charge in [-0.2, -0.15) is 0 Å². The van der Waals surface area contributed by atoms with Gasteiger partial charge < -0.3 is 20.1 Å². The van der Waals surface area contributed by atoms with Crippen LogP contribution in [0.3, 0.4) is 0 Å². The number of nitrogens with one attached hydrogen (secondary N) is 2. The monoisotopic (exact) mass is 391 g/mol. The number of amides is 1. The van der Waals surface area contributed by atoms with Gasteiger partial charge in [-0.25, -0.2) is 4.79 Å². The third-order valence-electron chi connectivity index (χ3n) is 4.02. The molecule has 148 valence electrons. The molecular weight excluding hydrogens is 370 g/mol. The first-order valence-corrected chi connectivity index (χ1v) is 9.05. The van der Waals surface area contributed by atoms with Crippen LogP contribution in [0.25, 0.3) is 0 Å². The van der Waals surface area contributed by atoms with Crippen molar-refractivity contribution in [2.75, 3.05) is 24.4 Å². The lowest BCUT2D eigenvalue weighted by molar-refractivity contribution is 0.0527. The number of benzene rings is 2. The minimum atomic E-state index is -0.496. The summed E-state index contributed by atoms with van der Waals surface area (Å²) < 4.78 is 10.2. The van der Waals surface area contributed by atoms with E-state index in [0.29, 0.717) is 11.4 Å². The zero-order chi connectivity index (χ0) is 20.6. The number of carbonyl (C=O) groups excluding carboxylic acids is 2. The van der Waals surface area contributed by atoms with Crippen molar-refractivity contribution in [1.29, 1.82) is 0 Å². The van der Waals surface area contributed by atoms with Crippen molar-refractivity contribution in [2.24, 2.45) is 0 Å². The summed E-state index contributed by atoms with van der Waals surface area (Å²) in [7, 11) is 1.60. The third kappa shape index (κ3) is 5.10. The van der Waals surface area contributed by atoms with Crippen LogP contribution in [-0.4, -0.2) is 30.6 Å². The number of anilines is 3. The molecule has 0 saturated heterocycles. The second kappa shape index (κ2) is 9.36. The van der Waals surface area contributed by atoms with Crippen LogP contribution in [0.15, 0.2) is 66.9 Å². The van der Waals surface area contributed by atoms with Gasteiger partial charge in [0.05, 0.1) is 25.0 Å². The molecule has 2 N–H and O–H groups in total. The molecule has 0 aliphatic rings. The molecule has 1 amide bonds. The highest BCUT2D eigenvalue weighted by molar-refractivity contribution is 6.07. The Morgan fingerprint density at radius 1 is 1.00 bits per heavy atom. The normalized spacial score (nSPS) is 10.1. The Bertz CT molecular complexity index is 1020. The number of rotatable bonds is 7. The van der Waals surface area contributed by atoms with Gasteiger partial charge in [0.1, 0.15) is 11.4 Å². The van der Waals surface area contributed by atoms with Gasteiger partial charge in [-0.15, -0.1) is 0 Å². The largest absolute Gasteiger partial charge is 0.497 e. The van der Waals surface area contributed by atoms with E-state index in [-0.39, 0.29) is 17.9 Å². The minimum Gasteiger partial charge on any atom is -0.497 e. The fraction of sp³-hybridized carbons (Fsp3) is 0.136. The molecule has 2 aromatic carbocycles. The van der Waals surface area contributed by atoms with E-state index in [1.54, 1.807) is 50.4 Å². The van der Waals surface area contributed by atoms with Crippen LogP contribution in [0.1, 0.15) is 27.8 Å². The maximum atomic E-state index is 12.7. The van der Waals surface area contributed by atoms with Gasteiger partial charge in [-0.1, -0.05) is 18.2 Å². The van der Waals surface area contributed by atoms with Crippen molar-refractivity contribution in [2.45, 2.75) is 6.92 Å². The van der Waals surface area contributed by atoms with E-state index in [1.807, 2.05) is 24.3 Å². The number of carbonyl (C=O) groups is 2. The van der Waals surface area contributed by atoms with Gasteiger partial charge in [0.15, 0.2) is 0 Å². The van der Waals surface area contributed by atoms with Crippen LogP contribution < -0.4 is 15.4 Å². The molecule has 0 spiro atoms. The van der Waals surface area contributed by atoms with Crippen molar-refractivity contribution in [3.05, 3.63) is 78.1 Å². The van der Waals surface area contributed by atoms with Crippen LogP contribution in [0, 0.1) is 0 Å². The average Bonchev–Trinajstić information content (AvgIpc) is 2.74. The molecule has 3 rings (SSSR count). The Hall–Kier alpha value is -3.87. The molecular formula is C22H21N3O4. The van der Waals surface area contributed by atoms with Crippen molar-refractivity contribution in [1.82, 2.24) is 4.98 Å². The fourth-order valence-electron chi connectivity index (χ4n) is 2.67. The summed E-state index contributed by atoms with van der Waals surface area (Å²) >= 11 is 0. The molecule has 0 unspecified atom stereocenters. The molecule has 0 fully saturated rings. The molecule has 0 aliphatic carbocycles. The Morgan fingerprint density at radius 2 is 1.79 bits per heavy atom. The van der Waals surface area contributed by atoms with E-state index in [4.69, 9.17) is 9.47 Å². The number of aromatic nitrogens is 1. The highest BCUT2D eigenvalue weighted by Crippen LogP contribution is 2.22. The van der Waals surface area contributed by atoms with Gasteiger partial charge in [0.2, 0.25) is 0 Å². The molecule has 29 heavy (non-hydrogen) atoms. The third-order valence-corrected chi connectivity index (χ3v) is 4.02. The summed E-state index contributed by atoms with van der Waals surface area (Å²) in [5.74, 6) is -0.210. The molecule has 7 nitrogen and oxygen atoms in total. The number of esters is 1. The summed E-state index contributed by atoms with van der Waals surface area (Å²) in [6.07, 6.45) is 1.54. The summed E-state index contributed by atoms with van der Waals surface area (Å²) in [6, 6.07) is 17.5. The number of hydrogen-bond donors (Lipinski definition) is 2. The van der Waals surface area contributed by atoms with E-state index < -0.39 is 11.9 Å². The van der Waals surface area contributed by atoms with Crippen molar-refractivity contribution in [3.8, 4) is 5.75 Å². The lowest BCUT2D eigenvalue weighted by Gasteiger charge is -2.11. The quantitative estimate of drug-likeness (QED) is 0.585. The maximum absolute atomic E-state index is 12.7. The van der Waals surface area contributed by atoms with Crippen LogP contribution in [0.2, 0.25) is 0 Å². The van der Waals surface area contributed by atoms with Gasteiger partial charge in [0.25, 0.3) is 5.91 Å². The Balaban J connectivity index is 1.77. The van der Waals surface area contributed by atoms with Gasteiger partial charge in [-0.3, -0.25) is 9.78 Å². The lowest BCUT2D eigenvalue weighted by Crippen LogP contribution is -2.17. The SMILES string of the molecule is CCOC(=O)c1ccccc1NC(=O)c1cc(Nc2cccc(OC)c2)ccn1. The fourth-order valence-corrected chi connectivity index (χ4v) is 2.67. The Morgan fingerprint density at radius 3 is 2.59 bits per heavy atom. The second-order valence-electron chi connectivity index (χ2n) is 6.01. The van der Waals surface area contributed by atoms with E-state index >= 15 is 0 Å². The number of pyridine rings is 1.